The fourth-order valence-corrected chi connectivity index (χ4v) is 4.67. The average Bonchev–Trinajstić information content (AvgIpc) is 3.29. The number of aryl methyl sites for hydroxylation is 1. The summed E-state index contributed by atoms with van der Waals surface area (Å²) in [6.07, 6.45) is 0.642. The van der Waals surface area contributed by atoms with Gasteiger partial charge in [0.25, 0.3) is 5.91 Å². The molecular formula is C26H34N4O3. The minimum absolute atomic E-state index is 0.0377. The lowest BCUT2D eigenvalue weighted by Gasteiger charge is -2.34. The van der Waals surface area contributed by atoms with Crippen LogP contribution < -0.4 is 9.47 Å². The molecule has 1 saturated heterocycles. The third-order valence-electron chi connectivity index (χ3n) is 6.70. The molecule has 2 aromatic rings. The zero-order chi connectivity index (χ0) is 23.4. The Hall–Kier alpha value is -2.90. The van der Waals surface area contributed by atoms with Crippen molar-refractivity contribution in [1.82, 2.24) is 14.8 Å². The largest absolute Gasteiger partial charge is 0.497 e. The Balaban J connectivity index is 1.62. The lowest BCUT2D eigenvalue weighted by atomic mass is 9.95. The number of nitrogens with zero attached hydrogens (tertiary/aromatic N) is 4. The smallest absolute Gasteiger partial charge is 0.257 e. The van der Waals surface area contributed by atoms with Crippen molar-refractivity contribution in [3.05, 3.63) is 59.2 Å². The molecule has 2 aromatic carbocycles. The topological polar surface area (TPSA) is 57.6 Å². The van der Waals surface area contributed by atoms with Gasteiger partial charge in [-0.15, -0.1) is 0 Å². The summed E-state index contributed by atoms with van der Waals surface area (Å²) in [4.78, 5) is 18.2. The molecule has 2 aliphatic rings. The lowest BCUT2D eigenvalue weighted by molar-refractivity contribution is -0.134. The zero-order valence-corrected chi connectivity index (χ0v) is 20.1. The zero-order valence-electron chi connectivity index (χ0n) is 20.1. The minimum Gasteiger partial charge on any atom is -0.497 e. The van der Waals surface area contributed by atoms with Gasteiger partial charge >= 0.3 is 0 Å². The molecule has 0 N–H and O–H groups in total. The van der Waals surface area contributed by atoms with Crippen LogP contribution in [-0.4, -0.2) is 79.9 Å². The van der Waals surface area contributed by atoms with Gasteiger partial charge in [-0.3, -0.25) is 9.69 Å². The molecule has 1 fully saturated rings. The van der Waals surface area contributed by atoms with Gasteiger partial charge in [-0.1, -0.05) is 31.2 Å². The summed E-state index contributed by atoms with van der Waals surface area (Å²) in [5.41, 5.74) is 4.04. The third kappa shape index (κ3) is 5.04. The number of benzene rings is 2. The molecule has 0 aliphatic carbocycles. The van der Waals surface area contributed by atoms with Crippen molar-refractivity contribution in [2.75, 3.05) is 53.5 Å². The van der Waals surface area contributed by atoms with E-state index in [4.69, 9.17) is 14.6 Å². The predicted molar refractivity (Wildman–Crippen MR) is 130 cm³/mol. The van der Waals surface area contributed by atoms with Crippen molar-refractivity contribution in [3.63, 3.8) is 0 Å². The van der Waals surface area contributed by atoms with Gasteiger partial charge in [0.05, 0.1) is 32.5 Å². The fraction of sp³-hybridized carbons (Fsp3) is 0.462. The molecule has 1 amide bonds. The first-order valence-electron chi connectivity index (χ1n) is 11.7. The summed E-state index contributed by atoms with van der Waals surface area (Å²) in [5.74, 6) is 1.46. The van der Waals surface area contributed by atoms with Crippen molar-refractivity contribution in [3.8, 4) is 11.5 Å². The fourth-order valence-electron chi connectivity index (χ4n) is 4.67. The number of rotatable bonds is 7. The van der Waals surface area contributed by atoms with E-state index in [0.717, 1.165) is 60.9 Å². The maximum atomic E-state index is 13.5. The summed E-state index contributed by atoms with van der Waals surface area (Å²) < 4.78 is 11.0. The molecule has 2 aliphatic heterocycles. The second-order valence-electron chi connectivity index (χ2n) is 8.64. The van der Waals surface area contributed by atoms with Crippen molar-refractivity contribution in [1.29, 1.82) is 0 Å². The molecule has 0 bridgehead atoms. The Morgan fingerprint density at radius 3 is 2.42 bits per heavy atom. The van der Waals surface area contributed by atoms with Gasteiger partial charge in [0, 0.05) is 44.2 Å². The van der Waals surface area contributed by atoms with E-state index in [2.05, 4.69) is 35.8 Å². The number of piperazine rings is 1. The van der Waals surface area contributed by atoms with Gasteiger partial charge in [0.2, 0.25) is 0 Å². The van der Waals surface area contributed by atoms with E-state index in [1.807, 2.05) is 30.3 Å². The van der Waals surface area contributed by atoms with Gasteiger partial charge in [-0.25, -0.2) is 5.01 Å². The molecule has 0 saturated carbocycles. The summed E-state index contributed by atoms with van der Waals surface area (Å²) in [6, 6.07) is 13.8. The number of hydrogen-bond donors (Lipinski definition) is 0. The van der Waals surface area contributed by atoms with Gasteiger partial charge in [-0.05, 0) is 36.7 Å². The number of ether oxygens (including phenoxy) is 2. The van der Waals surface area contributed by atoms with Crippen LogP contribution in [-0.2, 0) is 4.79 Å². The first-order valence-corrected chi connectivity index (χ1v) is 11.7. The van der Waals surface area contributed by atoms with E-state index in [0.29, 0.717) is 18.7 Å². The summed E-state index contributed by atoms with van der Waals surface area (Å²) in [7, 11) is 3.28. The molecule has 176 valence electrons. The van der Waals surface area contributed by atoms with Gasteiger partial charge in [0.15, 0.2) is 0 Å². The van der Waals surface area contributed by atoms with Crippen LogP contribution in [0, 0.1) is 6.92 Å². The summed E-state index contributed by atoms with van der Waals surface area (Å²) >= 11 is 0. The molecule has 0 unspecified atom stereocenters. The van der Waals surface area contributed by atoms with E-state index >= 15 is 0 Å². The molecule has 4 rings (SSSR count). The monoisotopic (exact) mass is 450 g/mol. The van der Waals surface area contributed by atoms with Crippen LogP contribution in [0.15, 0.2) is 47.6 Å². The van der Waals surface area contributed by atoms with E-state index in [1.165, 1.54) is 0 Å². The molecule has 7 heteroatoms. The van der Waals surface area contributed by atoms with E-state index in [1.54, 1.807) is 19.2 Å². The highest BCUT2D eigenvalue weighted by atomic mass is 16.5. The normalized spacial score (nSPS) is 19.5. The Labute approximate surface area is 196 Å². The number of methoxy groups -OCH3 is 2. The van der Waals surface area contributed by atoms with Crippen molar-refractivity contribution in [2.45, 2.75) is 26.3 Å². The quantitative estimate of drug-likeness (QED) is 0.648. The average molecular weight is 451 g/mol. The molecule has 0 aromatic heterocycles. The van der Waals surface area contributed by atoms with Crippen LogP contribution in [0.25, 0.3) is 0 Å². The molecular weight excluding hydrogens is 416 g/mol. The SMILES string of the molecule is CCN1CCN(CC(=O)N2N=C(c3ccc(OC)cc3OC)C[C@@H]2c2ccccc2C)CC1. The van der Waals surface area contributed by atoms with Gasteiger partial charge in [0.1, 0.15) is 11.5 Å². The molecule has 7 nitrogen and oxygen atoms in total. The van der Waals surface area contributed by atoms with Crippen molar-refractivity contribution >= 4 is 11.6 Å². The van der Waals surface area contributed by atoms with Crippen LogP contribution in [0.4, 0.5) is 0 Å². The molecule has 2 heterocycles. The van der Waals surface area contributed by atoms with Gasteiger partial charge < -0.3 is 14.4 Å². The van der Waals surface area contributed by atoms with E-state index in [-0.39, 0.29) is 11.9 Å². The minimum atomic E-state index is -0.127. The number of carbonyl (C=O) groups is 1. The number of hydrazone groups is 1. The van der Waals surface area contributed by atoms with Crippen LogP contribution in [0.2, 0.25) is 0 Å². The lowest BCUT2D eigenvalue weighted by Crippen LogP contribution is -2.49. The molecule has 0 spiro atoms. The second-order valence-corrected chi connectivity index (χ2v) is 8.64. The number of amides is 1. The van der Waals surface area contributed by atoms with Crippen LogP contribution in [0.3, 0.4) is 0 Å². The van der Waals surface area contributed by atoms with Gasteiger partial charge in [-0.2, -0.15) is 5.10 Å². The highest BCUT2D eigenvalue weighted by Gasteiger charge is 2.35. The summed E-state index contributed by atoms with van der Waals surface area (Å²) in [6.45, 7) is 9.54. The first kappa shape index (κ1) is 23.3. The predicted octanol–water partition coefficient (Wildman–Crippen LogP) is 3.33. The third-order valence-corrected chi connectivity index (χ3v) is 6.70. The van der Waals surface area contributed by atoms with Crippen LogP contribution in [0.5, 0.6) is 11.5 Å². The van der Waals surface area contributed by atoms with E-state index < -0.39 is 0 Å². The van der Waals surface area contributed by atoms with Crippen LogP contribution in [0.1, 0.15) is 36.1 Å². The first-order chi connectivity index (χ1) is 16.0. The number of likely N-dealkylation sites (N-methyl/N-ethyl adjacent to an activating group) is 1. The van der Waals surface area contributed by atoms with Crippen LogP contribution >= 0.6 is 0 Å². The summed E-state index contributed by atoms with van der Waals surface area (Å²) in [5, 5.41) is 6.56. The second kappa shape index (κ2) is 10.4. The van der Waals surface area contributed by atoms with Crippen molar-refractivity contribution in [2.24, 2.45) is 5.10 Å². The highest BCUT2D eigenvalue weighted by molar-refractivity contribution is 6.05. The maximum absolute atomic E-state index is 13.5. The molecule has 0 radical (unpaired) electrons. The Morgan fingerprint density at radius 2 is 1.76 bits per heavy atom. The number of carbonyl (C=O) groups excluding carboxylic acids is 1. The Morgan fingerprint density at radius 1 is 1.03 bits per heavy atom. The number of hydrogen-bond acceptors (Lipinski definition) is 6. The highest BCUT2D eigenvalue weighted by Crippen LogP contribution is 2.37. The standard InChI is InChI=1S/C26H34N4O3/c1-5-28-12-14-29(15-13-28)18-26(31)30-24(21-9-7-6-8-19(21)2)17-23(27-30)22-11-10-20(32-3)16-25(22)33-4/h6-11,16,24H,5,12-15,17-18H2,1-4H3/t24-/m1/s1. The Bertz CT molecular complexity index is 1010. The Kier molecular flexibility index (Phi) is 7.30. The molecule has 33 heavy (non-hydrogen) atoms. The molecule has 1 atom stereocenters. The van der Waals surface area contributed by atoms with Crippen molar-refractivity contribution < 1.29 is 14.3 Å². The van der Waals surface area contributed by atoms with E-state index in [9.17, 15) is 4.79 Å². The maximum Gasteiger partial charge on any atom is 0.257 e.